The van der Waals surface area contributed by atoms with E-state index in [1.165, 1.54) is 10.8 Å². The van der Waals surface area contributed by atoms with Crippen molar-refractivity contribution in [2.75, 3.05) is 31.2 Å². The highest BCUT2D eigenvalue weighted by Crippen LogP contribution is 2.44. The Bertz CT molecular complexity index is 1130. The second-order valence-corrected chi connectivity index (χ2v) is 8.78. The largest absolute Gasteiger partial charge is 0.477 e. The van der Waals surface area contributed by atoms with Crippen LogP contribution in [0.25, 0.3) is 10.9 Å². The topological polar surface area (TPSA) is 97.8 Å². The molecule has 1 aromatic heterocycles. The van der Waals surface area contributed by atoms with Gasteiger partial charge in [-0.1, -0.05) is 0 Å². The maximum Gasteiger partial charge on any atom is 0.341 e. The number of aromatic carboxylic acids is 1. The third kappa shape index (κ3) is 2.75. The lowest BCUT2D eigenvalue weighted by atomic mass is 9.85. The van der Waals surface area contributed by atoms with E-state index < -0.39 is 40.5 Å². The van der Waals surface area contributed by atoms with Crippen molar-refractivity contribution in [1.82, 2.24) is 4.57 Å². The minimum Gasteiger partial charge on any atom is -0.477 e. The van der Waals surface area contributed by atoms with Gasteiger partial charge in [-0.2, -0.15) is 0 Å². The lowest BCUT2D eigenvalue weighted by Gasteiger charge is -2.34. The number of nitrogens with zero attached hydrogens (tertiary/aromatic N) is 2. The smallest absolute Gasteiger partial charge is 0.341 e. The highest BCUT2D eigenvalue weighted by molar-refractivity contribution is 5.95. The van der Waals surface area contributed by atoms with Crippen molar-refractivity contribution in [3.8, 4) is 0 Å². The number of nitrogens with two attached hydrogens (primary N) is 1. The van der Waals surface area contributed by atoms with Crippen LogP contribution in [0.4, 0.5) is 14.5 Å². The molecule has 3 fully saturated rings. The van der Waals surface area contributed by atoms with Gasteiger partial charge in [0.2, 0.25) is 5.43 Å². The van der Waals surface area contributed by atoms with Gasteiger partial charge in [0.15, 0.2) is 0 Å². The number of ether oxygens (including phenoxy) is 1. The van der Waals surface area contributed by atoms with Gasteiger partial charge in [-0.25, -0.2) is 13.6 Å². The predicted molar refractivity (Wildman–Crippen MR) is 106 cm³/mol. The molecule has 4 atom stereocenters. The molecule has 9 heteroatoms. The van der Waals surface area contributed by atoms with E-state index in [9.17, 15) is 19.1 Å². The van der Waals surface area contributed by atoms with Gasteiger partial charge in [-0.05, 0) is 25.0 Å². The summed E-state index contributed by atoms with van der Waals surface area (Å²) in [4.78, 5) is 26.1. The summed E-state index contributed by atoms with van der Waals surface area (Å²) in [6.45, 7) is 3.69. The SMILES string of the molecule is Cc1c(N2C[C@@H]3CCOC[C@@]3(N)C2)c(F)cc2c(=O)c(C(=O)O)cn(C3C[C@@H]3F)c12. The van der Waals surface area contributed by atoms with Crippen LogP contribution in [0.15, 0.2) is 17.1 Å². The second-order valence-electron chi connectivity index (χ2n) is 8.78. The highest BCUT2D eigenvalue weighted by Gasteiger charge is 2.47. The average molecular weight is 419 g/mol. The molecular formula is C21H23F2N3O4. The number of aryl methyl sites for hydroxylation is 1. The quantitative estimate of drug-likeness (QED) is 0.790. The van der Waals surface area contributed by atoms with Gasteiger partial charge >= 0.3 is 5.97 Å². The van der Waals surface area contributed by atoms with Gasteiger partial charge in [0.05, 0.1) is 29.4 Å². The second kappa shape index (κ2) is 6.49. The fourth-order valence-electron chi connectivity index (χ4n) is 5.11. The minimum absolute atomic E-state index is 0.0461. The fourth-order valence-corrected chi connectivity index (χ4v) is 5.11. The number of alkyl halides is 1. The Morgan fingerprint density at radius 3 is 2.80 bits per heavy atom. The summed E-state index contributed by atoms with van der Waals surface area (Å²) in [7, 11) is 0. The number of benzene rings is 1. The number of hydrogen-bond acceptors (Lipinski definition) is 5. The van der Waals surface area contributed by atoms with E-state index in [0.717, 1.165) is 12.5 Å². The third-order valence-corrected chi connectivity index (χ3v) is 6.78. The van der Waals surface area contributed by atoms with Gasteiger partial charge < -0.3 is 25.0 Å². The van der Waals surface area contributed by atoms with Crippen LogP contribution in [0.5, 0.6) is 0 Å². The molecule has 1 aliphatic carbocycles. The van der Waals surface area contributed by atoms with Crippen LogP contribution in [-0.4, -0.2) is 53.7 Å². The van der Waals surface area contributed by atoms with E-state index >= 15 is 4.39 Å². The Kier molecular flexibility index (Phi) is 4.20. The third-order valence-electron chi connectivity index (χ3n) is 6.78. The molecule has 1 saturated carbocycles. The minimum atomic E-state index is -1.41. The van der Waals surface area contributed by atoms with Crippen molar-refractivity contribution in [2.45, 2.75) is 37.5 Å². The molecule has 2 aromatic rings. The zero-order valence-electron chi connectivity index (χ0n) is 16.5. The predicted octanol–water partition coefficient (Wildman–Crippen LogP) is 1.98. The first-order chi connectivity index (χ1) is 14.2. The summed E-state index contributed by atoms with van der Waals surface area (Å²) in [5.41, 5.74) is 5.90. The lowest BCUT2D eigenvalue weighted by Crippen LogP contribution is -2.54. The molecule has 2 aliphatic heterocycles. The van der Waals surface area contributed by atoms with Gasteiger partial charge in [0, 0.05) is 43.6 Å². The fraction of sp³-hybridized carbons (Fsp3) is 0.524. The standard InChI is InChI=1S/C21H23F2N3O4/c1-10-17-12(19(27)13(20(28)29)7-26(17)16-5-14(16)22)4-15(23)18(10)25-6-11-2-3-30-9-21(11,24)8-25/h4,7,11,14,16H,2-3,5-6,8-9,24H2,1H3,(H,28,29)/t11-,14-,16?,21-/m0/s1. The van der Waals surface area contributed by atoms with E-state index in [2.05, 4.69) is 0 Å². The number of halogens is 2. The molecule has 30 heavy (non-hydrogen) atoms. The first-order valence-electron chi connectivity index (χ1n) is 10.1. The number of pyridine rings is 1. The van der Waals surface area contributed by atoms with E-state index in [4.69, 9.17) is 10.5 Å². The van der Waals surface area contributed by atoms with Gasteiger partial charge in [-0.15, -0.1) is 0 Å². The molecule has 1 aromatic carbocycles. The van der Waals surface area contributed by atoms with Crippen LogP contribution < -0.4 is 16.1 Å². The van der Waals surface area contributed by atoms with Crippen molar-refractivity contribution < 1.29 is 23.4 Å². The molecule has 3 N–H and O–H groups in total. The van der Waals surface area contributed by atoms with Crippen LogP contribution in [-0.2, 0) is 4.74 Å². The number of aromatic nitrogens is 1. The molecule has 3 heterocycles. The molecule has 160 valence electrons. The van der Waals surface area contributed by atoms with Crippen LogP contribution in [0, 0.1) is 18.7 Å². The maximum absolute atomic E-state index is 15.3. The number of fused-ring (bicyclic) bond motifs is 2. The van der Waals surface area contributed by atoms with Crippen molar-refractivity contribution in [3.05, 3.63) is 39.4 Å². The first kappa shape index (κ1) is 19.4. The van der Waals surface area contributed by atoms with Crippen molar-refractivity contribution in [1.29, 1.82) is 0 Å². The lowest BCUT2D eigenvalue weighted by molar-refractivity contribution is 0.0203. The molecule has 3 aliphatic rings. The summed E-state index contributed by atoms with van der Waals surface area (Å²) < 4.78 is 36.2. The molecule has 0 spiro atoms. The van der Waals surface area contributed by atoms with E-state index in [1.54, 1.807) is 6.92 Å². The Balaban J connectivity index is 1.71. The summed E-state index contributed by atoms with van der Waals surface area (Å²) in [6, 6.07) is 0.527. The molecular weight excluding hydrogens is 396 g/mol. The van der Waals surface area contributed by atoms with Crippen LogP contribution in [0.3, 0.4) is 0 Å². The molecule has 2 saturated heterocycles. The van der Waals surface area contributed by atoms with Crippen molar-refractivity contribution in [2.24, 2.45) is 11.7 Å². The maximum atomic E-state index is 15.3. The monoisotopic (exact) mass is 419 g/mol. The van der Waals surface area contributed by atoms with Crippen LogP contribution in [0.2, 0.25) is 0 Å². The van der Waals surface area contributed by atoms with Gasteiger partial charge in [0.25, 0.3) is 0 Å². The summed E-state index contributed by atoms with van der Waals surface area (Å²) >= 11 is 0. The number of carbonyl (C=O) groups is 1. The summed E-state index contributed by atoms with van der Waals surface area (Å²) in [5, 5.41) is 9.35. The average Bonchev–Trinajstić information content (AvgIpc) is 3.29. The van der Waals surface area contributed by atoms with Crippen molar-refractivity contribution in [3.63, 3.8) is 0 Å². The number of anilines is 1. The first-order valence-corrected chi connectivity index (χ1v) is 10.1. The number of carboxylic acids is 1. The Hall–Kier alpha value is -2.52. The highest BCUT2D eigenvalue weighted by atomic mass is 19.1. The Labute approximate surface area is 171 Å². The van der Waals surface area contributed by atoms with E-state index in [-0.39, 0.29) is 17.7 Å². The number of carboxylic acid groups (broad SMARTS) is 1. The zero-order valence-corrected chi connectivity index (χ0v) is 16.5. The van der Waals surface area contributed by atoms with Gasteiger partial charge in [0.1, 0.15) is 17.6 Å². The Morgan fingerprint density at radius 2 is 2.17 bits per heavy atom. The van der Waals surface area contributed by atoms with Crippen LogP contribution >= 0.6 is 0 Å². The van der Waals surface area contributed by atoms with Crippen molar-refractivity contribution >= 4 is 22.6 Å². The molecule has 0 amide bonds. The number of hydrogen-bond donors (Lipinski definition) is 2. The molecule has 7 nitrogen and oxygen atoms in total. The van der Waals surface area contributed by atoms with Crippen LogP contribution in [0.1, 0.15) is 34.8 Å². The van der Waals surface area contributed by atoms with E-state index in [0.29, 0.717) is 43.1 Å². The Morgan fingerprint density at radius 1 is 1.43 bits per heavy atom. The molecule has 5 rings (SSSR count). The van der Waals surface area contributed by atoms with Gasteiger partial charge in [-0.3, -0.25) is 4.79 Å². The summed E-state index contributed by atoms with van der Waals surface area (Å²) in [5.74, 6) is -1.86. The summed E-state index contributed by atoms with van der Waals surface area (Å²) in [6.07, 6.45) is 1.09. The number of rotatable bonds is 3. The molecule has 0 radical (unpaired) electrons. The van der Waals surface area contributed by atoms with E-state index in [1.807, 2.05) is 4.90 Å². The molecule has 1 unspecified atom stereocenters. The normalized spacial score (nSPS) is 30.5. The zero-order chi connectivity index (χ0) is 21.4. The molecule has 0 bridgehead atoms.